The van der Waals surface area contributed by atoms with Crippen molar-refractivity contribution in [1.29, 1.82) is 0 Å². The Morgan fingerprint density at radius 3 is 2.57 bits per heavy atom. The summed E-state index contributed by atoms with van der Waals surface area (Å²) in [6.07, 6.45) is -1.24. The average Bonchev–Trinajstić information content (AvgIpc) is 2.36. The normalized spacial score (nSPS) is 12.7. The molecule has 0 radical (unpaired) electrons. The summed E-state index contributed by atoms with van der Waals surface area (Å²) < 4.78 is 10.4. The molecule has 3 N–H and O–H groups in total. The van der Waals surface area contributed by atoms with Gasteiger partial charge in [-0.1, -0.05) is 6.07 Å². The number of aliphatic hydroxyl groups excluding tert-OH is 1. The van der Waals surface area contributed by atoms with Crippen molar-refractivity contribution in [2.75, 3.05) is 26.0 Å². The van der Waals surface area contributed by atoms with Crippen LogP contribution in [0.4, 0.5) is 10.5 Å². The van der Waals surface area contributed by atoms with Crippen LogP contribution in [0.2, 0.25) is 0 Å². The minimum Gasteiger partial charge on any atom is -0.495 e. The summed E-state index contributed by atoms with van der Waals surface area (Å²) in [5.74, 6) is 0.501. The number of amides is 1. The summed E-state index contributed by atoms with van der Waals surface area (Å²) >= 11 is 0. The third-order valence-electron chi connectivity index (χ3n) is 2.64. The third kappa shape index (κ3) is 5.61. The first-order chi connectivity index (χ1) is 9.76. The number of rotatable bonds is 5. The van der Waals surface area contributed by atoms with Gasteiger partial charge in [0, 0.05) is 6.54 Å². The number of ether oxygens (including phenoxy) is 2. The van der Waals surface area contributed by atoms with Gasteiger partial charge in [-0.15, -0.1) is 0 Å². The van der Waals surface area contributed by atoms with Crippen LogP contribution in [0.15, 0.2) is 18.2 Å². The minimum absolute atomic E-state index is 0.415. The Balaban J connectivity index is 2.93. The molecule has 0 aliphatic carbocycles. The van der Waals surface area contributed by atoms with E-state index < -0.39 is 17.8 Å². The summed E-state index contributed by atoms with van der Waals surface area (Å²) in [4.78, 5) is 11.8. The highest BCUT2D eigenvalue weighted by molar-refractivity contribution is 5.87. The maximum absolute atomic E-state index is 11.8. The van der Waals surface area contributed by atoms with Crippen molar-refractivity contribution in [2.45, 2.75) is 32.5 Å². The van der Waals surface area contributed by atoms with Gasteiger partial charge in [-0.25, -0.2) is 4.79 Å². The molecule has 21 heavy (non-hydrogen) atoms. The first-order valence-corrected chi connectivity index (χ1v) is 6.77. The van der Waals surface area contributed by atoms with Crippen LogP contribution in [0.3, 0.4) is 0 Å². The molecule has 1 aromatic rings. The maximum atomic E-state index is 11.8. The van der Waals surface area contributed by atoms with Gasteiger partial charge in [0.05, 0.1) is 18.9 Å². The summed E-state index contributed by atoms with van der Waals surface area (Å²) in [6, 6.07) is 5.12. The van der Waals surface area contributed by atoms with Crippen molar-refractivity contribution in [3.05, 3.63) is 23.8 Å². The molecule has 0 aliphatic heterocycles. The smallest absolute Gasteiger partial charge is 0.412 e. The Morgan fingerprint density at radius 1 is 1.38 bits per heavy atom. The fourth-order valence-electron chi connectivity index (χ4n) is 1.76. The first-order valence-electron chi connectivity index (χ1n) is 6.77. The second-order valence-electron chi connectivity index (χ2n) is 5.66. The van der Waals surface area contributed by atoms with Gasteiger partial charge in [-0.2, -0.15) is 0 Å². The van der Waals surface area contributed by atoms with E-state index >= 15 is 0 Å². The van der Waals surface area contributed by atoms with Gasteiger partial charge in [0.25, 0.3) is 0 Å². The molecule has 1 atom stereocenters. The van der Waals surface area contributed by atoms with Gasteiger partial charge in [-0.3, -0.25) is 5.32 Å². The molecule has 0 saturated carbocycles. The van der Waals surface area contributed by atoms with Crippen molar-refractivity contribution in [1.82, 2.24) is 5.32 Å². The number of likely N-dealkylation sites (N-methyl/N-ethyl adjacent to an activating group) is 1. The number of nitrogens with one attached hydrogen (secondary N) is 2. The van der Waals surface area contributed by atoms with E-state index in [0.717, 1.165) is 0 Å². The monoisotopic (exact) mass is 296 g/mol. The SMILES string of the molecule is CNCC(O)c1ccc(OC)c(NC(=O)OC(C)(C)C)c1. The van der Waals surface area contributed by atoms with E-state index in [1.165, 1.54) is 7.11 Å². The number of anilines is 1. The Labute approximate surface area is 125 Å². The quantitative estimate of drug-likeness (QED) is 0.777. The number of aliphatic hydroxyl groups is 1. The minimum atomic E-state index is -0.667. The van der Waals surface area contributed by atoms with Crippen LogP contribution in [-0.2, 0) is 4.74 Å². The maximum Gasteiger partial charge on any atom is 0.412 e. The predicted octanol–water partition coefficient (Wildman–Crippen LogP) is 2.29. The number of hydrogen-bond acceptors (Lipinski definition) is 5. The molecule has 1 amide bonds. The van der Waals surface area contributed by atoms with E-state index in [4.69, 9.17) is 9.47 Å². The zero-order valence-corrected chi connectivity index (χ0v) is 13.2. The second-order valence-corrected chi connectivity index (χ2v) is 5.66. The lowest BCUT2D eigenvalue weighted by Gasteiger charge is -2.21. The molecule has 6 heteroatoms. The van der Waals surface area contributed by atoms with Gasteiger partial charge in [0.15, 0.2) is 0 Å². The molecule has 0 fully saturated rings. The highest BCUT2D eigenvalue weighted by atomic mass is 16.6. The zero-order valence-electron chi connectivity index (χ0n) is 13.2. The number of methoxy groups -OCH3 is 1. The Morgan fingerprint density at radius 2 is 2.05 bits per heavy atom. The van der Waals surface area contributed by atoms with Crippen LogP contribution in [-0.4, -0.2) is 37.5 Å². The zero-order chi connectivity index (χ0) is 16.0. The molecule has 1 unspecified atom stereocenters. The average molecular weight is 296 g/mol. The molecule has 0 spiro atoms. The van der Waals surface area contributed by atoms with Gasteiger partial charge in [0.2, 0.25) is 0 Å². The van der Waals surface area contributed by atoms with Crippen molar-refractivity contribution in [2.24, 2.45) is 0 Å². The van der Waals surface area contributed by atoms with Crippen LogP contribution in [0, 0.1) is 0 Å². The molecule has 1 aromatic carbocycles. The van der Waals surface area contributed by atoms with Crippen LogP contribution >= 0.6 is 0 Å². The fourth-order valence-corrected chi connectivity index (χ4v) is 1.76. The fraction of sp³-hybridized carbons (Fsp3) is 0.533. The predicted molar refractivity (Wildman–Crippen MR) is 81.7 cm³/mol. The van der Waals surface area contributed by atoms with E-state index in [0.29, 0.717) is 23.5 Å². The van der Waals surface area contributed by atoms with Crippen molar-refractivity contribution < 1.29 is 19.4 Å². The van der Waals surface area contributed by atoms with Gasteiger partial charge >= 0.3 is 6.09 Å². The summed E-state index contributed by atoms with van der Waals surface area (Å²) in [5, 5.41) is 15.5. The van der Waals surface area contributed by atoms with Gasteiger partial charge in [0.1, 0.15) is 11.4 Å². The largest absolute Gasteiger partial charge is 0.495 e. The van der Waals surface area contributed by atoms with E-state index in [1.807, 2.05) is 0 Å². The first kappa shape index (κ1) is 17.3. The molecular formula is C15H24N2O4. The van der Waals surface area contributed by atoms with Gasteiger partial charge < -0.3 is 19.9 Å². The number of carbonyl (C=O) groups excluding carboxylic acids is 1. The molecule has 0 saturated heterocycles. The number of hydrogen-bond donors (Lipinski definition) is 3. The second kappa shape index (κ2) is 7.28. The Hall–Kier alpha value is -1.79. The Kier molecular flexibility index (Phi) is 5.99. The van der Waals surface area contributed by atoms with E-state index in [2.05, 4.69) is 10.6 Å². The molecular weight excluding hydrogens is 272 g/mol. The number of benzene rings is 1. The molecule has 0 heterocycles. The lowest BCUT2D eigenvalue weighted by atomic mass is 10.1. The van der Waals surface area contributed by atoms with Gasteiger partial charge in [-0.05, 0) is 45.5 Å². The molecule has 0 aromatic heterocycles. The highest BCUT2D eigenvalue weighted by Gasteiger charge is 2.18. The molecule has 0 bridgehead atoms. The lowest BCUT2D eigenvalue weighted by Crippen LogP contribution is -2.27. The molecule has 0 aliphatic rings. The summed E-state index contributed by atoms with van der Waals surface area (Å²) in [5.41, 5.74) is 0.552. The van der Waals surface area contributed by atoms with E-state index in [-0.39, 0.29) is 0 Å². The summed E-state index contributed by atoms with van der Waals surface area (Å²) in [6.45, 7) is 5.78. The lowest BCUT2D eigenvalue weighted by molar-refractivity contribution is 0.0635. The number of carbonyl (C=O) groups is 1. The van der Waals surface area contributed by atoms with E-state index in [9.17, 15) is 9.90 Å². The van der Waals surface area contributed by atoms with Crippen molar-refractivity contribution >= 4 is 11.8 Å². The standard InChI is InChI=1S/C15H24N2O4/c1-15(2,3)21-14(19)17-11-8-10(12(18)9-16-4)6-7-13(11)20-5/h6-8,12,16,18H,9H2,1-5H3,(H,17,19). The van der Waals surface area contributed by atoms with Crippen LogP contribution in [0.5, 0.6) is 5.75 Å². The van der Waals surface area contributed by atoms with E-state index in [1.54, 1.807) is 46.0 Å². The molecule has 118 valence electrons. The van der Waals surface area contributed by atoms with Crippen molar-refractivity contribution in [3.63, 3.8) is 0 Å². The van der Waals surface area contributed by atoms with Crippen LogP contribution in [0.1, 0.15) is 32.4 Å². The van der Waals surface area contributed by atoms with Crippen molar-refractivity contribution in [3.8, 4) is 5.75 Å². The highest BCUT2D eigenvalue weighted by Crippen LogP contribution is 2.28. The molecule has 6 nitrogen and oxygen atoms in total. The summed E-state index contributed by atoms with van der Waals surface area (Å²) in [7, 11) is 3.27. The molecule has 1 rings (SSSR count). The van der Waals surface area contributed by atoms with Crippen LogP contribution < -0.4 is 15.4 Å². The van der Waals surface area contributed by atoms with Crippen LogP contribution in [0.25, 0.3) is 0 Å². The topological polar surface area (TPSA) is 79.8 Å². The third-order valence-corrected chi connectivity index (χ3v) is 2.64. The Bertz CT molecular complexity index is 483.